The SMILES string of the molecule is Cc1n[nH]c(C)c1CNC(=O)NC(C)(CO)C1CC1. The second-order valence-electron chi connectivity index (χ2n) is 5.57. The Labute approximate surface area is 113 Å². The van der Waals surface area contributed by atoms with Crippen LogP contribution in [0.25, 0.3) is 0 Å². The third-order valence-corrected chi connectivity index (χ3v) is 3.91. The highest BCUT2D eigenvalue weighted by Gasteiger charge is 2.42. The topological polar surface area (TPSA) is 90.0 Å². The molecule has 1 aromatic heterocycles. The van der Waals surface area contributed by atoms with Gasteiger partial charge in [0.05, 0.1) is 17.8 Å². The average Bonchev–Trinajstić information content (AvgIpc) is 3.16. The first-order valence-electron chi connectivity index (χ1n) is 6.63. The normalized spacial score (nSPS) is 17.9. The van der Waals surface area contributed by atoms with Crippen molar-refractivity contribution in [2.45, 2.75) is 45.7 Å². The van der Waals surface area contributed by atoms with Gasteiger partial charge < -0.3 is 15.7 Å². The largest absolute Gasteiger partial charge is 0.394 e. The Morgan fingerprint density at radius 3 is 2.68 bits per heavy atom. The minimum Gasteiger partial charge on any atom is -0.394 e. The molecule has 4 N–H and O–H groups in total. The molecule has 0 aliphatic heterocycles. The van der Waals surface area contributed by atoms with Crippen LogP contribution in [0.2, 0.25) is 0 Å². The summed E-state index contributed by atoms with van der Waals surface area (Å²) in [6.07, 6.45) is 2.13. The predicted octanol–water partition coefficient (Wildman–Crippen LogP) is 0.987. The van der Waals surface area contributed by atoms with Gasteiger partial charge in [-0.2, -0.15) is 5.10 Å². The van der Waals surface area contributed by atoms with E-state index in [4.69, 9.17) is 0 Å². The van der Waals surface area contributed by atoms with Gasteiger partial charge in [-0.15, -0.1) is 0 Å². The summed E-state index contributed by atoms with van der Waals surface area (Å²) in [4.78, 5) is 11.9. The second-order valence-corrected chi connectivity index (χ2v) is 5.57. The molecule has 1 aliphatic carbocycles. The fourth-order valence-electron chi connectivity index (χ4n) is 2.30. The zero-order chi connectivity index (χ0) is 14.0. The maximum atomic E-state index is 11.9. The zero-order valence-electron chi connectivity index (χ0n) is 11.7. The third-order valence-electron chi connectivity index (χ3n) is 3.91. The Hall–Kier alpha value is -1.56. The number of aliphatic hydroxyl groups excluding tert-OH is 1. The molecule has 6 heteroatoms. The minimum absolute atomic E-state index is 0.0329. The monoisotopic (exact) mass is 266 g/mol. The number of carbonyl (C=O) groups excluding carboxylic acids is 1. The molecule has 0 saturated heterocycles. The van der Waals surface area contributed by atoms with Crippen LogP contribution in [0.3, 0.4) is 0 Å². The number of aryl methyl sites for hydroxylation is 2. The van der Waals surface area contributed by atoms with Crippen molar-refractivity contribution in [2.75, 3.05) is 6.61 Å². The number of nitrogens with one attached hydrogen (secondary N) is 3. The van der Waals surface area contributed by atoms with E-state index < -0.39 is 5.54 Å². The van der Waals surface area contributed by atoms with Crippen molar-refractivity contribution in [3.63, 3.8) is 0 Å². The van der Waals surface area contributed by atoms with Crippen LogP contribution in [-0.4, -0.2) is 33.5 Å². The van der Waals surface area contributed by atoms with Crippen molar-refractivity contribution in [3.05, 3.63) is 17.0 Å². The summed E-state index contributed by atoms with van der Waals surface area (Å²) < 4.78 is 0. The molecule has 6 nitrogen and oxygen atoms in total. The summed E-state index contributed by atoms with van der Waals surface area (Å²) in [5.74, 6) is 0.389. The molecule has 106 valence electrons. The van der Waals surface area contributed by atoms with Crippen LogP contribution >= 0.6 is 0 Å². The molecule has 19 heavy (non-hydrogen) atoms. The predicted molar refractivity (Wildman–Crippen MR) is 71.6 cm³/mol. The highest BCUT2D eigenvalue weighted by atomic mass is 16.3. The number of H-pyrrole nitrogens is 1. The molecule has 1 fully saturated rings. The number of aliphatic hydroxyl groups is 1. The van der Waals surface area contributed by atoms with Gasteiger partial charge in [0.1, 0.15) is 0 Å². The molecule has 0 bridgehead atoms. The lowest BCUT2D eigenvalue weighted by atomic mass is 9.97. The van der Waals surface area contributed by atoms with E-state index in [1.165, 1.54) is 0 Å². The lowest BCUT2D eigenvalue weighted by molar-refractivity contribution is 0.155. The van der Waals surface area contributed by atoms with Gasteiger partial charge in [0.15, 0.2) is 0 Å². The molecule has 2 rings (SSSR count). The molecule has 0 spiro atoms. The number of amides is 2. The number of hydrogen-bond acceptors (Lipinski definition) is 3. The molecular formula is C13H22N4O2. The van der Waals surface area contributed by atoms with E-state index in [-0.39, 0.29) is 12.6 Å². The zero-order valence-corrected chi connectivity index (χ0v) is 11.7. The maximum Gasteiger partial charge on any atom is 0.315 e. The minimum atomic E-state index is -0.509. The number of carbonyl (C=O) groups is 1. The number of aromatic nitrogens is 2. The first-order valence-corrected chi connectivity index (χ1v) is 6.63. The van der Waals surface area contributed by atoms with Crippen molar-refractivity contribution in [1.82, 2.24) is 20.8 Å². The first kappa shape index (κ1) is 13.9. The van der Waals surface area contributed by atoms with Crippen LogP contribution in [0.15, 0.2) is 0 Å². The van der Waals surface area contributed by atoms with Crippen molar-refractivity contribution in [3.8, 4) is 0 Å². The third kappa shape index (κ3) is 3.07. The highest BCUT2D eigenvalue weighted by Crippen LogP contribution is 2.39. The molecule has 1 atom stereocenters. The lowest BCUT2D eigenvalue weighted by Gasteiger charge is -2.28. The van der Waals surface area contributed by atoms with Crippen LogP contribution in [0.1, 0.15) is 36.7 Å². The van der Waals surface area contributed by atoms with Crippen LogP contribution in [0, 0.1) is 19.8 Å². The Kier molecular flexibility index (Phi) is 3.80. The van der Waals surface area contributed by atoms with E-state index >= 15 is 0 Å². The molecule has 0 aromatic carbocycles. The summed E-state index contributed by atoms with van der Waals surface area (Å²) in [6, 6.07) is -0.247. The van der Waals surface area contributed by atoms with E-state index in [2.05, 4.69) is 20.8 Å². The van der Waals surface area contributed by atoms with E-state index in [9.17, 15) is 9.90 Å². The maximum absolute atomic E-state index is 11.9. The van der Waals surface area contributed by atoms with Gasteiger partial charge in [0.2, 0.25) is 0 Å². The van der Waals surface area contributed by atoms with E-state index in [1.54, 1.807) is 0 Å². The Morgan fingerprint density at radius 2 is 2.21 bits per heavy atom. The van der Waals surface area contributed by atoms with E-state index in [0.29, 0.717) is 12.5 Å². The summed E-state index contributed by atoms with van der Waals surface area (Å²) in [6.45, 7) is 6.12. The fourth-order valence-corrected chi connectivity index (χ4v) is 2.30. The smallest absolute Gasteiger partial charge is 0.315 e. The van der Waals surface area contributed by atoms with Gasteiger partial charge in [0, 0.05) is 17.8 Å². The summed E-state index contributed by atoms with van der Waals surface area (Å²) in [5.41, 5.74) is 2.35. The molecule has 1 unspecified atom stereocenters. The van der Waals surface area contributed by atoms with E-state index in [1.807, 2.05) is 20.8 Å². The number of rotatable bonds is 5. The standard InChI is InChI=1S/C13H22N4O2/c1-8-11(9(2)17-16-8)6-14-12(19)15-13(3,7-18)10-4-5-10/h10,18H,4-7H2,1-3H3,(H,16,17)(H2,14,15,19). The Morgan fingerprint density at radius 1 is 1.53 bits per heavy atom. The van der Waals surface area contributed by atoms with Crippen molar-refractivity contribution in [1.29, 1.82) is 0 Å². The van der Waals surface area contributed by atoms with Gasteiger partial charge in [-0.1, -0.05) is 0 Å². The molecule has 0 radical (unpaired) electrons. The number of aromatic amines is 1. The first-order chi connectivity index (χ1) is 8.96. The molecular weight excluding hydrogens is 244 g/mol. The van der Waals surface area contributed by atoms with Gasteiger partial charge in [-0.25, -0.2) is 4.79 Å². The van der Waals surface area contributed by atoms with Gasteiger partial charge in [-0.05, 0) is 39.5 Å². The quantitative estimate of drug-likeness (QED) is 0.640. The Balaban J connectivity index is 1.88. The summed E-state index contributed by atoms with van der Waals surface area (Å²) in [5, 5.41) is 22.1. The average molecular weight is 266 g/mol. The molecule has 1 aromatic rings. The number of hydrogen-bond donors (Lipinski definition) is 4. The van der Waals surface area contributed by atoms with Crippen LogP contribution in [0.5, 0.6) is 0 Å². The number of nitrogens with zero attached hydrogens (tertiary/aromatic N) is 1. The van der Waals surface area contributed by atoms with Crippen molar-refractivity contribution in [2.24, 2.45) is 5.92 Å². The van der Waals surface area contributed by atoms with Crippen molar-refractivity contribution < 1.29 is 9.90 Å². The second kappa shape index (κ2) is 5.21. The number of urea groups is 1. The molecule has 1 aliphatic rings. The molecule has 1 saturated carbocycles. The van der Waals surface area contributed by atoms with Gasteiger partial charge >= 0.3 is 6.03 Å². The van der Waals surface area contributed by atoms with Crippen molar-refractivity contribution >= 4 is 6.03 Å². The highest BCUT2D eigenvalue weighted by molar-refractivity contribution is 5.75. The van der Waals surface area contributed by atoms with Crippen LogP contribution < -0.4 is 10.6 Å². The summed E-state index contributed by atoms with van der Waals surface area (Å²) >= 11 is 0. The van der Waals surface area contributed by atoms with Crippen LogP contribution in [0.4, 0.5) is 4.79 Å². The van der Waals surface area contributed by atoms with E-state index in [0.717, 1.165) is 29.8 Å². The fraction of sp³-hybridized carbons (Fsp3) is 0.692. The molecule has 2 amide bonds. The Bertz CT molecular complexity index is 448. The van der Waals surface area contributed by atoms with Crippen LogP contribution in [-0.2, 0) is 6.54 Å². The van der Waals surface area contributed by atoms with Gasteiger partial charge in [-0.3, -0.25) is 5.10 Å². The summed E-state index contributed by atoms with van der Waals surface area (Å²) in [7, 11) is 0. The molecule has 1 heterocycles. The van der Waals surface area contributed by atoms with Gasteiger partial charge in [0.25, 0.3) is 0 Å². The lowest BCUT2D eigenvalue weighted by Crippen LogP contribution is -2.54.